The monoisotopic (exact) mass is 294 g/mol. The van der Waals surface area contributed by atoms with Crippen molar-refractivity contribution >= 4 is 11.4 Å². The lowest BCUT2D eigenvalue weighted by Crippen LogP contribution is -1.88. The number of benzene rings is 2. The molecule has 3 rings (SSSR count). The maximum Gasteiger partial charge on any atom is 0.181 e. The predicted octanol–water partition coefficient (Wildman–Crippen LogP) is 3.91. The van der Waals surface area contributed by atoms with Crippen LogP contribution in [0, 0.1) is 0 Å². The molecule has 0 radical (unpaired) electrons. The van der Waals surface area contributed by atoms with Crippen LogP contribution in [-0.4, -0.2) is 10.1 Å². The van der Waals surface area contributed by atoms with Crippen molar-refractivity contribution in [2.24, 2.45) is 10.2 Å². The zero-order valence-corrected chi connectivity index (χ0v) is 11.7. The van der Waals surface area contributed by atoms with Gasteiger partial charge >= 0.3 is 0 Å². The minimum Gasteiger partial charge on any atom is -0.506 e. The van der Waals surface area contributed by atoms with E-state index in [2.05, 4.69) is 15.2 Å². The van der Waals surface area contributed by atoms with E-state index < -0.39 is 0 Å². The van der Waals surface area contributed by atoms with E-state index in [1.165, 1.54) is 6.39 Å². The number of nitrogens with two attached hydrogens (primary N) is 1. The fraction of sp³-hybridized carbons (Fsp3) is 0.0625. The molecular weight excluding hydrogens is 280 g/mol. The number of aromatic nitrogens is 1. The van der Waals surface area contributed by atoms with E-state index in [1.54, 1.807) is 24.4 Å². The van der Waals surface area contributed by atoms with Crippen molar-refractivity contribution in [3.05, 3.63) is 60.6 Å². The van der Waals surface area contributed by atoms with Gasteiger partial charge in [0.25, 0.3) is 0 Å². The molecule has 0 atom stereocenters. The highest BCUT2D eigenvalue weighted by molar-refractivity contribution is 5.59. The Balaban J connectivity index is 1.66. The quantitative estimate of drug-likeness (QED) is 0.433. The number of anilines is 1. The van der Waals surface area contributed by atoms with Crippen LogP contribution in [0.25, 0.3) is 11.3 Å². The molecule has 0 fully saturated rings. The van der Waals surface area contributed by atoms with Crippen molar-refractivity contribution in [1.29, 1.82) is 0 Å². The van der Waals surface area contributed by atoms with Crippen molar-refractivity contribution in [1.82, 2.24) is 4.98 Å². The Morgan fingerprint density at radius 3 is 2.64 bits per heavy atom. The highest BCUT2D eigenvalue weighted by atomic mass is 16.3. The zero-order chi connectivity index (χ0) is 15.4. The highest BCUT2D eigenvalue weighted by Crippen LogP contribution is 2.23. The van der Waals surface area contributed by atoms with Crippen molar-refractivity contribution in [2.75, 3.05) is 5.73 Å². The number of rotatable bonds is 4. The van der Waals surface area contributed by atoms with Crippen LogP contribution >= 0.6 is 0 Å². The Labute approximate surface area is 127 Å². The maximum atomic E-state index is 9.36. The first-order chi connectivity index (χ1) is 10.7. The van der Waals surface area contributed by atoms with Gasteiger partial charge in [0.2, 0.25) is 0 Å². The standard InChI is InChI=1S/C16H14N4O2/c17-14-7-11(1-6-15(14)21)8-19-20-13-4-2-12(3-5-13)16-9-18-10-22-16/h1-7,9-10,21H,8,17H2. The maximum absolute atomic E-state index is 9.36. The molecule has 0 saturated carbocycles. The smallest absolute Gasteiger partial charge is 0.181 e. The van der Waals surface area contributed by atoms with Gasteiger partial charge in [-0.3, -0.25) is 0 Å². The van der Waals surface area contributed by atoms with Gasteiger partial charge in [0.1, 0.15) is 5.75 Å². The van der Waals surface area contributed by atoms with Crippen LogP contribution in [0.4, 0.5) is 11.4 Å². The van der Waals surface area contributed by atoms with Gasteiger partial charge in [-0.25, -0.2) is 4.98 Å². The first kappa shape index (κ1) is 13.8. The molecule has 3 aromatic rings. The van der Waals surface area contributed by atoms with Gasteiger partial charge in [-0.1, -0.05) is 6.07 Å². The van der Waals surface area contributed by atoms with E-state index in [-0.39, 0.29) is 5.75 Å². The van der Waals surface area contributed by atoms with E-state index >= 15 is 0 Å². The summed E-state index contributed by atoms with van der Waals surface area (Å²) in [6.45, 7) is 0.397. The minimum absolute atomic E-state index is 0.0729. The number of hydrogen-bond acceptors (Lipinski definition) is 6. The summed E-state index contributed by atoms with van der Waals surface area (Å²) in [5.74, 6) is 0.784. The zero-order valence-electron chi connectivity index (χ0n) is 11.7. The number of phenolic OH excluding ortho intramolecular Hbond substituents is 1. The molecule has 0 amide bonds. The van der Waals surface area contributed by atoms with Gasteiger partial charge < -0.3 is 15.3 Å². The number of oxazole rings is 1. The summed E-state index contributed by atoms with van der Waals surface area (Å²) in [7, 11) is 0. The first-order valence-electron chi connectivity index (χ1n) is 6.66. The Hall–Kier alpha value is -3.15. The van der Waals surface area contributed by atoms with Crippen LogP contribution in [0.15, 0.2) is 69.7 Å². The van der Waals surface area contributed by atoms with Crippen LogP contribution in [0.2, 0.25) is 0 Å². The highest BCUT2D eigenvalue weighted by Gasteiger charge is 2.01. The molecule has 0 unspecified atom stereocenters. The Morgan fingerprint density at radius 2 is 1.95 bits per heavy atom. The second-order valence-corrected chi connectivity index (χ2v) is 4.71. The second-order valence-electron chi connectivity index (χ2n) is 4.71. The van der Waals surface area contributed by atoms with Gasteiger partial charge in [-0.05, 0) is 42.0 Å². The average Bonchev–Trinajstić information content (AvgIpc) is 3.06. The first-order valence-corrected chi connectivity index (χ1v) is 6.66. The fourth-order valence-corrected chi connectivity index (χ4v) is 1.95. The summed E-state index contributed by atoms with van der Waals surface area (Å²) in [5.41, 5.74) is 8.53. The van der Waals surface area contributed by atoms with Gasteiger partial charge in [0.05, 0.1) is 24.1 Å². The molecule has 6 heteroatoms. The van der Waals surface area contributed by atoms with E-state index in [1.807, 2.05) is 24.3 Å². The van der Waals surface area contributed by atoms with Crippen LogP contribution in [0.5, 0.6) is 5.75 Å². The summed E-state index contributed by atoms with van der Waals surface area (Å²) in [6.07, 6.45) is 3.05. The molecule has 0 bridgehead atoms. The van der Waals surface area contributed by atoms with Crippen LogP contribution < -0.4 is 5.73 Å². The minimum atomic E-state index is 0.0729. The third kappa shape index (κ3) is 3.12. The Bertz CT molecular complexity index is 780. The van der Waals surface area contributed by atoms with Crippen molar-refractivity contribution in [3.63, 3.8) is 0 Å². The van der Waals surface area contributed by atoms with E-state index in [4.69, 9.17) is 10.2 Å². The van der Waals surface area contributed by atoms with Crippen LogP contribution in [-0.2, 0) is 6.54 Å². The number of azo groups is 1. The number of nitrogen functional groups attached to an aromatic ring is 1. The fourth-order valence-electron chi connectivity index (χ4n) is 1.95. The number of nitrogens with zero attached hydrogens (tertiary/aromatic N) is 3. The molecule has 0 spiro atoms. The Morgan fingerprint density at radius 1 is 1.14 bits per heavy atom. The summed E-state index contributed by atoms with van der Waals surface area (Å²) >= 11 is 0. The van der Waals surface area contributed by atoms with Crippen LogP contribution in [0.3, 0.4) is 0 Å². The summed E-state index contributed by atoms with van der Waals surface area (Å²) in [5, 5.41) is 17.6. The molecular formula is C16H14N4O2. The third-order valence-corrected chi connectivity index (χ3v) is 3.12. The van der Waals surface area contributed by atoms with Gasteiger partial charge in [0, 0.05) is 5.56 Å². The summed E-state index contributed by atoms with van der Waals surface area (Å²) in [6, 6.07) is 12.5. The molecule has 0 aliphatic heterocycles. The van der Waals surface area contributed by atoms with E-state index in [9.17, 15) is 5.11 Å². The lowest BCUT2D eigenvalue weighted by atomic mass is 10.2. The van der Waals surface area contributed by atoms with E-state index in [0.717, 1.165) is 16.8 Å². The normalized spacial score (nSPS) is 11.1. The SMILES string of the molecule is Nc1cc(CN=Nc2ccc(-c3cnco3)cc2)ccc1O. The molecule has 0 saturated heterocycles. The average molecular weight is 294 g/mol. The predicted molar refractivity (Wildman–Crippen MR) is 82.7 cm³/mol. The molecule has 0 aliphatic carbocycles. The molecule has 1 aromatic heterocycles. The lowest BCUT2D eigenvalue weighted by Gasteiger charge is -2.01. The molecule has 1 heterocycles. The number of aromatic hydroxyl groups is 1. The molecule has 22 heavy (non-hydrogen) atoms. The lowest BCUT2D eigenvalue weighted by molar-refractivity contribution is 0.478. The molecule has 0 aliphatic rings. The van der Waals surface area contributed by atoms with Gasteiger partial charge in [-0.15, -0.1) is 0 Å². The number of phenols is 1. The molecule has 2 aromatic carbocycles. The Kier molecular flexibility index (Phi) is 3.82. The summed E-state index contributed by atoms with van der Waals surface area (Å²) in [4.78, 5) is 3.88. The van der Waals surface area contributed by atoms with E-state index in [0.29, 0.717) is 18.0 Å². The molecule has 110 valence electrons. The van der Waals surface area contributed by atoms with Crippen molar-refractivity contribution < 1.29 is 9.52 Å². The number of hydrogen-bond donors (Lipinski definition) is 2. The third-order valence-electron chi connectivity index (χ3n) is 3.12. The summed E-state index contributed by atoms with van der Waals surface area (Å²) < 4.78 is 5.22. The largest absolute Gasteiger partial charge is 0.506 e. The second kappa shape index (κ2) is 6.09. The van der Waals surface area contributed by atoms with Gasteiger partial charge in [-0.2, -0.15) is 10.2 Å². The van der Waals surface area contributed by atoms with Gasteiger partial charge in [0.15, 0.2) is 12.2 Å². The van der Waals surface area contributed by atoms with Crippen LogP contribution in [0.1, 0.15) is 5.56 Å². The molecule has 6 nitrogen and oxygen atoms in total. The van der Waals surface area contributed by atoms with Crippen molar-refractivity contribution in [3.8, 4) is 17.1 Å². The molecule has 3 N–H and O–H groups in total. The van der Waals surface area contributed by atoms with Crippen molar-refractivity contribution in [2.45, 2.75) is 6.54 Å². The topological polar surface area (TPSA) is 97.0 Å².